The Bertz CT molecular complexity index is 527. The smallest absolute Gasteiger partial charge is 0.240 e. The topological polar surface area (TPSA) is 75.4 Å². The lowest BCUT2D eigenvalue weighted by Gasteiger charge is -2.25. The van der Waals surface area contributed by atoms with Crippen LogP contribution in [0, 0.1) is 5.92 Å². The molecule has 1 unspecified atom stereocenters. The first kappa shape index (κ1) is 17.1. The second kappa shape index (κ2) is 7.17. The highest BCUT2D eigenvalue weighted by Gasteiger charge is 2.23. The number of likely N-dealkylation sites (N-methyl/N-ethyl adjacent to an activating group) is 1. The predicted octanol–water partition coefficient (Wildman–Crippen LogP) is 1.01. The molecule has 1 rings (SSSR count). The summed E-state index contributed by atoms with van der Waals surface area (Å²) in [7, 11) is 0.344. The number of hydrogen-bond acceptors (Lipinski definition) is 4. The summed E-state index contributed by atoms with van der Waals surface area (Å²) < 4.78 is 27.6. The number of sulfonamides is 1. The maximum Gasteiger partial charge on any atom is 0.240 e. The molecule has 0 heterocycles. The molecule has 0 saturated carbocycles. The summed E-state index contributed by atoms with van der Waals surface area (Å²) in [6.45, 7) is 5.00. The van der Waals surface area contributed by atoms with Gasteiger partial charge in [0, 0.05) is 19.1 Å². The fourth-order valence-electron chi connectivity index (χ4n) is 1.88. The van der Waals surface area contributed by atoms with E-state index >= 15 is 0 Å². The van der Waals surface area contributed by atoms with Gasteiger partial charge >= 0.3 is 0 Å². The van der Waals surface area contributed by atoms with Gasteiger partial charge < -0.3 is 10.6 Å². The summed E-state index contributed by atoms with van der Waals surface area (Å²) in [5, 5.41) is 0. The largest absolute Gasteiger partial charge is 0.326 e. The first-order chi connectivity index (χ1) is 9.26. The van der Waals surface area contributed by atoms with E-state index in [1.165, 1.54) is 0 Å². The van der Waals surface area contributed by atoms with Gasteiger partial charge in [-0.15, -0.1) is 0 Å². The lowest BCUT2D eigenvalue weighted by atomic mass is 10.1. The first-order valence-electron chi connectivity index (χ1n) is 6.72. The number of benzene rings is 1. The van der Waals surface area contributed by atoms with Gasteiger partial charge in [0.2, 0.25) is 10.0 Å². The average Bonchev–Trinajstić information content (AvgIpc) is 2.37. The van der Waals surface area contributed by atoms with Crippen LogP contribution in [0.15, 0.2) is 29.2 Å². The van der Waals surface area contributed by atoms with Gasteiger partial charge in [0.1, 0.15) is 0 Å². The van der Waals surface area contributed by atoms with Crippen molar-refractivity contribution >= 4 is 10.0 Å². The van der Waals surface area contributed by atoms with E-state index in [2.05, 4.69) is 4.72 Å². The third-order valence-corrected chi connectivity index (χ3v) is 4.61. The van der Waals surface area contributed by atoms with Crippen LogP contribution in [0.5, 0.6) is 0 Å². The van der Waals surface area contributed by atoms with Crippen LogP contribution in [-0.4, -0.2) is 40.0 Å². The number of nitrogens with zero attached hydrogens (tertiary/aromatic N) is 1. The monoisotopic (exact) mass is 299 g/mol. The van der Waals surface area contributed by atoms with Crippen molar-refractivity contribution in [2.45, 2.75) is 31.3 Å². The molecule has 1 aromatic rings. The molecule has 20 heavy (non-hydrogen) atoms. The number of rotatable bonds is 7. The molecule has 1 atom stereocenters. The molecule has 3 N–H and O–H groups in total. The molecule has 0 aromatic heterocycles. The van der Waals surface area contributed by atoms with Crippen molar-refractivity contribution in [3.05, 3.63) is 29.8 Å². The van der Waals surface area contributed by atoms with Crippen LogP contribution in [-0.2, 0) is 16.6 Å². The Morgan fingerprint density at radius 1 is 1.30 bits per heavy atom. The van der Waals surface area contributed by atoms with Gasteiger partial charge in [-0.05, 0) is 37.7 Å². The lowest BCUT2D eigenvalue weighted by molar-refractivity contribution is 0.314. The Hall–Kier alpha value is -0.950. The summed E-state index contributed by atoms with van der Waals surface area (Å²) in [6.07, 6.45) is 0. The van der Waals surface area contributed by atoms with Crippen molar-refractivity contribution in [3.63, 3.8) is 0 Å². The molecule has 0 aliphatic carbocycles. The minimum Gasteiger partial charge on any atom is -0.326 e. The molecule has 6 heteroatoms. The number of nitrogens with one attached hydrogen (secondary N) is 1. The minimum absolute atomic E-state index is 0.128. The molecule has 114 valence electrons. The molecular weight excluding hydrogens is 274 g/mol. The van der Waals surface area contributed by atoms with E-state index < -0.39 is 10.0 Å². The fraction of sp³-hybridized carbons (Fsp3) is 0.571. The zero-order chi connectivity index (χ0) is 15.3. The Morgan fingerprint density at radius 2 is 1.95 bits per heavy atom. The van der Waals surface area contributed by atoms with Crippen molar-refractivity contribution in [2.24, 2.45) is 11.7 Å². The third-order valence-electron chi connectivity index (χ3n) is 3.12. The predicted molar refractivity (Wildman–Crippen MR) is 81.8 cm³/mol. The van der Waals surface area contributed by atoms with Gasteiger partial charge in [-0.3, -0.25) is 0 Å². The average molecular weight is 299 g/mol. The van der Waals surface area contributed by atoms with Gasteiger partial charge in [0.05, 0.1) is 4.90 Å². The molecule has 0 saturated heterocycles. The van der Waals surface area contributed by atoms with Crippen LogP contribution in [0.1, 0.15) is 19.4 Å². The van der Waals surface area contributed by atoms with Crippen LogP contribution < -0.4 is 10.5 Å². The van der Waals surface area contributed by atoms with E-state index in [-0.39, 0.29) is 16.9 Å². The van der Waals surface area contributed by atoms with E-state index in [4.69, 9.17) is 5.73 Å². The van der Waals surface area contributed by atoms with Crippen molar-refractivity contribution < 1.29 is 8.42 Å². The summed E-state index contributed by atoms with van der Waals surface area (Å²) in [5.74, 6) is 0.213. The summed E-state index contributed by atoms with van der Waals surface area (Å²) in [4.78, 5) is 2.24. The Labute approximate surface area is 122 Å². The molecule has 0 aliphatic rings. The number of hydrogen-bond donors (Lipinski definition) is 2. The fourth-order valence-corrected chi connectivity index (χ4v) is 3.33. The minimum atomic E-state index is -3.51. The van der Waals surface area contributed by atoms with E-state index in [0.717, 1.165) is 5.56 Å². The summed E-state index contributed by atoms with van der Waals surface area (Å²) in [6, 6.07) is 6.62. The molecule has 0 spiro atoms. The molecular formula is C14H25N3O2S. The van der Waals surface area contributed by atoms with Crippen LogP contribution in [0.3, 0.4) is 0 Å². The molecule has 0 amide bonds. The SMILES string of the molecule is CC(C)C(CN(C)C)NS(=O)(=O)c1cccc(CN)c1. The van der Waals surface area contributed by atoms with Crippen molar-refractivity contribution in [1.82, 2.24) is 9.62 Å². The van der Waals surface area contributed by atoms with Crippen LogP contribution in [0.4, 0.5) is 0 Å². The third kappa shape index (κ3) is 4.86. The Balaban J connectivity index is 2.97. The molecule has 1 aromatic carbocycles. The Kier molecular flexibility index (Phi) is 6.13. The second-order valence-corrected chi connectivity index (χ2v) is 7.30. The summed E-state index contributed by atoms with van der Waals surface area (Å²) >= 11 is 0. The zero-order valence-electron chi connectivity index (χ0n) is 12.6. The van der Waals surface area contributed by atoms with Crippen LogP contribution >= 0.6 is 0 Å². The van der Waals surface area contributed by atoms with E-state index in [1.54, 1.807) is 18.2 Å². The summed E-state index contributed by atoms with van der Waals surface area (Å²) in [5.41, 5.74) is 6.36. The van der Waals surface area contributed by atoms with E-state index in [9.17, 15) is 8.42 Å². The quantitative estimate of drug-likeness (QED) is 0.788. The van der Waals surface area contributed by atoms with E-state index in [1.807, 2.05) is 38.9 Å². The molecule has 0 radical (unpaired) electrons. The molecule has 5 nitrogen and oxygen atoms in total. The van der Waals surface area contributed by atoms with E-state index in [0.29, 0.717) is 13.1 Å². The van der Waals surface area contributed by atoms with Crippen LogP contribution in [0.2, 0.25) is 0 Å². The lowest BCUT2D eigenvalue weighted by Crippen LogP contribution is -2.44. The van der Waals surface area contributed by atoms with Gasteiger partial charge in [0.15, 0.2) is 0 Å². The zero-order valence-corrected chi connectivity index (χ0v) is 13.4. The van der Waals surface area contributed by atoms with Gasteiger partial charge in [-0.1, -0.05) is 26.0 Å². The highest BCUT2D eigenvalue weighted by atomic mass is 32.2. The first-order valence-corrected chi connectivity index (χ1v) is 8.20. The second-order valence-electron chi connectivity index (χ2n) is 5.59. The van der Waals surface area contributed by atoms with Gasteiger partial charge in [0.25, 0.3) is 0 Å². The van der Waals surface area contributed by atoms with Crippen molar-refractivity contribution in [2.75, 3.05) is 20.6 Å². The normalized spacial score (nSPS) is 13.9. The van der Waals surface area contributed by atoms with Gasteiger partial charge in [-0.2, -0.15) is 0 Å². The van der Waals surface area contributed by atoms with Gasteiger partial charge in [-0.25, -0.2) is 13.1 Å². The molecule has 0 fully saturated rings. The highest BCUT2D eigenvalue weighted by Crippen LogP contribution is 2.14. The van der Waals surface area contributed by atoms with Crippen molar-refractivity contribution in [3.8, 4) is 0 Å². The standard InChI is InChI=1S/C14H25N3O2S/c1-11(2)14(10-17(3)4)16-20(18,19)13-7-5-6-12(8-13)9-15/h5-8,11,14,16H,9-10,15H2,1-4H3. The highest BCUT2D eigenvalue weighted by molar-refractivity contribution is 7.89. The maximum atomic E-state index is 12.4. The molecule has 0 bridgehead atoms. The maximum absolute atomic E-state index is 12.4. The van der Waals surface area contributed by atoms with Crippen LogP contribution in [0.25, 0.3) is 0 Å². The Morgan fingerprint density at radius 3 is 2.45 bits per heavy atom. The number of nitrogens with two attached hydrogens (primary N) is 1. The van der Waals surface area contributed by atoms with Crippen molar-refractivity contribution in [1.29, 1.82) is 0 Å². The molecule has 0 aliphatic heterocycles.